The third-order valence-electron chi connectivity index (χ3n) is 1.53. The topological polar surface area (TPSA) is 118 Å². The van der Waals surface area contributed by atoms with E-state index < -0.39 is 18.1 Å². The van der Waals surface area contributed by atoms with Crippen LogP contribution in [-0.2, 0) is 28.3 Å². The molecule has 1 rings (SSSR count). The zero-order chi connectivity index (χ0) is 10.7. The average molecular weight is 254 g/mol. The summed E-state index contributed by atoms with van der Waals surface area (Å²) >= 11 is 0. The molecule has 1 aromatic heterocycles. The van der Waals surface area contributed by atoms with Gasteiger partial charge in [-0.1, -0.05) is 11.9 Å². The number of hydrogen-bond acceptors (Lipinski definition) is 4. The number of aliphatic carboxylic acids is 1. The molecule has 8 heteroatoms. The van der Waals surface area contributed by atoms with Crippen LogP contribution in [0.4, 0.5) is 4.79 Å². The molecule has 0 radical (unpaired) electrons. The third kappa shape index (κ3) is 3.70. The summed E-state index contributed by atoms with van der Waals surface area (Å²) in [5.74, 6) is -1.16. The van der Waals surface area contributed by atoms with Crippen LogP contribution in [0.25, 0.3) is 0 Å². The Kier molecular flexibility index (Phi) is 4.99. The van der Waals surface area contributed by atoms with Crippen LogP contribution in [0, 0.1) is 6.33 Å². The molecular weight excluding hydrogens is 246 g/mol. The van der Waals surface area contributed by atoms with Gasteiger partial charge in [-0.2, -0.15) is 0 Å². The molecule has 0 fully saturated rings. The Morgan fingerprint density at radius 1 is 1.60 bits per heavy atom. The van der Waals surface area contributed by atoms with Crippen molar-refractivity contribution in [2.45, 2.75) is 12.5 Å². The summed E-state index contributed by atoms with van der Waals surface area (Å²) in [6.45, 7) is 0. The van der Waals surface area contributed by atoms with Crippen LogP contribution < -0.4 is 5.73 Å². The second kappa shape index (κ2) is 5.50. The molecule has 15 heavy (non-hydrogen) atoms. The van der Waals surface area contributed by atoms with E-state index in [1.165, 1.54) is 6.20 Å². The van der Waals surface area contributed by atoms with Crippen LogP contribution in [0.2, 0.25) is 0 Å². The number of rotatable bonds is 3. The van der Waals surface area contributed by atoms with Crippen LogP contribution in [0.3, 0.4) is 0 Å². The average Bonchev–Trinajstić information content (AvgIpc) is 2.52. The Morgan fingerprint density at radius 2 is 2.20 bits per heavy atom. The number of nitrogens with two attached hydrogens (primary N) is 1. The molecule has 1 atom stereocenters. The van der Waals surface area contributed by atoms with Crippen molar-refractivity contribution < 1.29 is 36.9 Å². The summed E-state index contributed by atoms with van der Waals surface area (Å²) in [4.78, 5) is 24.3. The van der Waals surface area contributed by atoms with Crippen LogP contribution in [-0.4, -0.2) is 37.9 Å². The molecule has 0 aliphatic carbocycles. The minimum Gasteiger partial charge on any atom is -0.508 e. The van der Waals surface area contributed by atoms with E-state index in [9.17, 15) is 9.59 Å². The number of carboxylic acid groups (broad SMARTS) is 2. The first-order valence-corrected chi connectivity index (χ1v) is 3.68. The first-order valence-electron chi connectivity index (χ1n) is 3.68. The standard InChI is InChI=1S/C7H8N3O4.Fe/c8-5(6(11)12)1-4-2-10(3-9-4)7(13)14;/h2,5H,1,8H2,(H,11,12)(H,13,14);/q-1;/t5-;/m0./s1. The van der Waals surface area contributed by atoms with Crippen LogP contribution >= 0.6 is 0 Å². The number of carboxylic acids is 1. The Morgan fingerprint density at radius 3 is 2.60 bits per heavy atom. The van der Waals surface area contributed by atoms with Gasteiger partial charge in [-0.05, 0) is 6.42 Å². The number of carbonyl (C=O) groups is 2. The van der Waals surface area contributed by atoms with Crippen molar-refractivity contribution in [1.29, 1.82) is 0 Å². The number of imidazole rings is 1. The minimum atomic E-state index is -1.23. The Hall–Kier alpha value is -1.37. The second-order valence-corrected chi connectivity index (χ2v) is 2.63. The summed E-state index contributed by atoms with van der Waals surface area (Å²) in [7, 11) is 0. The second-order valence-electron chi connectivity index (χ2n) is 2.63. The fourth-order valence-electron chi connectivity index (χ4n) is 0.834. The van der Waals surface area contributed by atoms with Gasteiger partial charge in [0.15, 0.2) is 0 Å². The van der Waals surface area contributed by atoms with Crippen molar-refractivity contribution in [3.63, 3.8) is 0 Å². The van der Waals surface area contributed by atoms with Crippen molar-refractivity contribution in [1.82, 2.24) is 9.55 Å². The molecule has 1 heterocycles. The van der Waals surface area contributed by atoms with Gasteiger partial charge in [0.2, 0.25) is 0 Å². The largest absolute Gasteiger partial charge is 0.508 e. The van der Waals surface area contributed by atoms with E-state index in [1.54, 1.807) is 0 Å². The van der Waals surface area contributed by atoms with E-state index in [0.29, 0.717) is 4.57 Å². The summed E-state index contributed by atoms with van der Waals surface area (Å²) in [6.07, 6.45) is 2.09. The SMILES string of the molecule is N[C@@H](Cc1cn(C(=O)O)[c-]n1)C(=O)O.[Fe]. The quantitative estimate of drug-likeness (QED) is 0.478. The van der Waals surface area contributed by atoms with E-state index in [4.69, 9.17) is 15.9 Å². The molecular formula is C7H8FeN3O4-. The number of aromatic nitrogens is 2. The van der Waals surface area contributed by atoms with Crippen molar-refractivity contribution in [3.8, 4) is 0 Å². The smallest absolute Gasteiger partial charge is 0.328 e. The van der Waals surface area contributed by atoms with E-state index in [1.807, 2.05) is 0 Å². The molecule has 7 nitrogen and oxygen atoms in total. The zero-order valence-corrected chi connectivity index (χ0v) is 8.50. The molecule has 84 valence electrons. The van der Waals surface area contributed by atoms with E-state index in [2.05, 4.69) is 11.3 Å². The molecule has 4 N–H and O–H groups in total. The summed E-state index contributed by atoms with van der Waals surface area (Å²) in [5.41, 5.74) is 5.50. The summed E-state index contributed by atoms with van der Waals surface area (Å²) in [6, 6.07) is -1.08. The zero-order valence-electron chi connectivity index (χ0n) is 7.40. The van der Waals surface area contributed by atoms with Gasteiger partial charge in [-0.3, -0.25) is 9.59 Å². The summed E-state index contributed by atoms with van der Waals surface area (Å²) in [5, 5.41) is 17.0. The number of hydrogen-bond donors (Lipinski definition) is 3. The maximum Gasteiger partial charge on any atom is 0.328 e. The van der Waals surface area contributed by atoms with E-state index >= 15 is 0 Å². The van der Waals surface area contributed by atoms with Crippen LogP contribution in [0.15, 0.2) is 6.20 Å². The minimum absolute atomic E-state index is 0. The predicted octanol–water partition coefficient (Wildman–Crippen LogP) is -0.839. The molecule has 0 saturated carbocycles. The molecule has 0 spiro atoms. The molecule has 0 amide bonds. The first kappa shape index (κ1) is 13.6. The van der Waals surface area contributed by atoms with Gasteiger partial charge >= 0.3 is 12.1 Å². The maximum atomic E-state index is 10.4. The summed E-state index contributed by atoms with van der Waals surface area (Å²) < 4.78 is 0.712. The Labute approximate surface area is 95.4 Å². The van der Waals surface area contributed by atoms with E-state index in [-0.39, 0.29) is 29.2 Å². The van der Waals surface area contributed by atoms with Crippen molar-refractivity contribution >= 4 is 12.1 Å². The maximum absolute atomic E-state index is 10.4. The van der Waals surface area contributed by atoms with Crippen LogP contribution in [0.1, 0.15) is 5.69 Å². The molecule has 0 aliphatic heterocycles. The molecule has 0 aliphatic rings. The molecule has 1 aromatic rings. The van der Waals surface area contributed by atoms with Crippen molar-refractivity contribution in [2.24, 2.45) is 5.73 Å². The van der Waals surface area contributed by atoms with Crippen LogP contribution in [0.5, 0.6) is 0 Å². The monoisotopic (exact) mass is 254 g/mol. The van der Waals surface area contributed by atoms with E-state index in [0.717, 1.165) is 0 Å². The van der Waals surface area contributed by atoms with Gasteiger partial charge in [-0.15, -0.1) is 0 Å². The molecule has 0 aromatic carbocycles. The fraction of sp³-hybridized carbons (Fsp3) is 0.286. The van der Waals surface area contributed by atoms with Crippen molar-refractivity contribution in [2.75, 3.05) is 0 Å². The predicted molar refractivity (Wildman–Crippen MR) is 43.8 cm³/mol. The normalized spacial score (nSPS) is 11.5. The Bertz CT molecular complexity index is 365. The third-order valence-corrected chi connectivity index (χ3v) is 1.53. The molecule has 0 saturated heterocycles. The molecule has 0 unspecified atom stereocenters. The van der Waals surface area contributed by atoms with Crippen molar-refractivity contribution in [3.05, 3.63) is 18.2 Å². The first-order chi connectivity index (χ1) is 6.50. The Balaban J connectivity index is 0.00000196. The van der Waals surface area contributed by atoms with Gasteiger partial charge in [0.1, 0.15) is 0 Å². The van der Waals surface area contributed by atoms with Gasteiger partial charge in [-0.25, -0.2) is 0 Å². The van der Waals surface area contributed by atoms with Gasteiger partial charge in [0.25, 0.3) is 0 Å². The number of nitrogens with zero attached hydrogens (tertiary/aromatic N) is 2. The molecule has 0 bridgehead atoms. The van der Waals surface area contributed by atoms with Gasteiger partial charge in [0, 0.05) is 23.4 Å². The van der Waals surface area contributed by atoms with Gasteiger partial charge < -0.3 is 25.5 Å². The fourth-order valence-corrected chi connectivity index (χ4v) is 0.834. The van der Waals surface area contributed by atoms with Gasteiger partial charge in [0.05, 0.1) is 6.04 Å².